The lowest BCUT2D eigenvalue weighted by Crippen LogP contribution is -2.30. The molecule has 5 heteroatoms. The molecule has 1 unspecified atom stereocenters. The number of rotatable bonds is 2. The van der Waals surface area contributed by atoms with Crippen molar-refractivity contribution in [1.82, 2.24) is 0 Å². The summed E-state index contributed by atoms with van der Waals surface area (Å²) < 4.78 is 5.93. The molecule has 0 saturated carbocycles. The van der Waals surface area contributed by atoms with E-state index in [1.807, 2.05) is 36.4 Å². The topological polar surface area (TPSA) is 61.7 Å². The molecule has 0 bridgehead atoms. The summed E-state index contributed by atoms with van der Waals surface area (Å²) in [5.41, 5.74) is 2.49. The van der Waals surface area contributed by atoms with Gasteiger partial charge in [-0.3, -0.25) is 0 Å². The Morgan fingerprint density at radius 2 is 1.79 bits per heavy atom. The third-order valence-electron chi connectivity index (χ3n) is 3.24. The van der Waals surface area contributed by atoms with Crippen LogP contribution in [0.3, 0.4) is 0 Å². The predicted octanol–water partition coefficient (Wildman–Crippen LogP) is 0.912. The van der Waals surface area contributed by atoms with Crippen molar-refractivity contribution in [2.75, 3.05) is 11.9 Å². The number of hydrogen-bond donors (Lipinski definition) is 3. The lowest BCUT2D eigenvalue weighted by molar-refractivity contribution is 0.210. The van der Waals surface area contributed by atoms with Gasteiger partial charge in [-0.05, 0) is 23.2 Å². The maximum Gasteiger partial charge on any atom is 0.488 e. The molecule has 0 fully saturated rings. The van der Waals surface area contributed by atoms with Crippen LogP contribution in [-0.4, -0.2) is 23.7 Å². The zero-order valence-electron chi connectivity index (χ0n) is 10.3. The summed E-state index contributed by atoms with van der Waals surface area (Å²) in [6, 6.07) is 14.9. The zero-order valence-corrected chi connectivity index (χ0v) is 10.3. The quantitative estimate of drug-likeness (QED) is 0.698. The molecular formula is C14H14BNO3. The summed E-state index contributed by atoms with van der Waals surface area (Å²) in [4.78, 5) is 0. The van der Waals surface area contributed by atoms with E-state index < -0.39 is 7.12 Å². The van der Waals surface area contributed by atoms with Gasteiger partial charge < -0.3 is 20.1 Å². The largest absolute Gasteiger partial charge is 0.488 e. The van der Waals surface area contributed by atoms with Gasteiger partial charge in [-0.25, -0.2) is 0 Å². The molecule has 1 aliphatic heterocycles. The van der Waals surface area contributed by atoms with Gasteiger partial charge in [-0.15, -0.1) is 0 Å². The smallest absolute Gasteiger partial charge is 0.482 e. The van der Waals surface area contributed by atoms with Crippen molar-refractivity contribution in [2.24, 2.45) is 0 Å². The molecule has 1 aliphatic rings. The molecule has 2 aromatic rings. The Bertz CT molecular complexity index is 571. The van der Waals surface area contributed by atoms with Gasteiger partial charge >= 0.3 is 7.12 Å². The number of para-hydroxylation sites is 2. The van der Waals surface area contributed by atoms with Gasteiger partial charge in [0.2, 0.25) is 0 Å². The fourth-order valence-electron chi connectivity index (χ4n) is 2.18. The van der Waals surface area contributed by atoms with Crippen molar-refractivity contribution in [3.05, 3.63) is 54.1 Å². The van der Waals surface area contributed by atoms with Crippen LogP contribution in [-0.2, 0) is 0 Å². The molecule has 0 saturated heterocycles. The SMILES string of the molecule is OB(O)c1ccc(C2CNc3ccccc3O2)cc1. The standard InChI is InChI=1S/C14H14BNO3/c17-15(18)11-7-5-10(6-8-11)14-9-16-12-3-1-2-4-13(12)19-14/h1-8,14,16-18H,9H2. The van der Waals surface area contributed by atoms with E-state index in [2.05, 4.69) is 5.32 Å². The Labute approximate surface area is 111 Å². The molecule has 0 aliphatic carbocycles. The first-order valence-corrected chi connectivity index (χ1v) is 6.19. The Kier molecular flexibility index (Phi) is 3.15. The van der Waals surface area contributed by atoms with E-state index in [-0.39, 0.29) is 6.10 Å². The number of fused-ring (bicyclic) bond motifs is 1. The average molecular weight is 255 g/mol. The van der Waals surface area contributed by atoms with E-state index in [4.69, 9.17) is 14.8 Å². The fraction of sp³-hybridized carbons (Fsp3) is 0.143. The first kappa shape index (κ1) is 12.1. The van der Waals surface area contributed by atoms with E-state index in [1.165, 1.54) is 0 Å². The van der Waals surface area contributed by atoms with Crippen molar-refractivity contribution in [3.63, 3.8) is 0 Å². The van der Waals surface area contributed by atoms with Crippen molar-refractivity contribution in [1.29, 1.82) is 0 Å². The first-order valence-electron chi connectivity index (χ1n) is 6.19. The Hall–Kier alpha value is -1.98. The lowest BCUT2D eigenvalue weighted by Gasteiger charge is -2.27. The highest BCUT2D eigenvalue weighted by Crippen LogP contribution is 2.33. The van der Waals surface area contributed by atoms with Crippen LogP contribution in [0.15, 0.2) is 48.5 Å². The summed E-state index contributed by atoms with van der Waals surface area (Å²) >= 11 is 0. The second kappa shape index (κ2) is 4.95. The Balaban J connectivity index is 1.81. The van der Waals surface area contributed by atoms with Crippen LogP contribution in [0.25, 0.3) is 0 Å². The molecule has 1 heterocycles. The van der Waals surface area contributed by atoms with Gasteiger partial charge in [0.25, 0.3) is 0 Å². The minimum atomic E-state index is -1.43. The van der Waals surface area contributed by atoms with Gasteiger partial charge in [0, 0.05) is 0 Å². The monoisotopic (exact) mass is 255 g/mol. The third-order valence-corrected chi connectivity index (χ3v) is 3.24. The van der Waals surface area contributed by atoms with Crippen molar-refractivity contribution < 1.29 is 14.8 Å². The summed E-state index contributed by atoms with van der Waals surface area (Å²) in [7, 11) is -1.43. The maximum absolute atomic E-state index is 9.07. The molecule has 0 amide bonds. The molecule has 3 rings (SSSR count). The molecule has 96 valence electrons. The number of nitrogens with one attached hydrogen (secondary N) is 1. The summed E-state index contributed by atoms with van der Waals surface area (Å²) in [6.07, 6.45) is -0.0696. The lowest BCUT2D eigenvalue weighted by atomic mass is 9.80. The maximum atomic E-state index is 9.07. The zero-order chi connectivity index (χ0) is 13.2. The molecule has 0 spiro atoms. The van der Waals surface area contributed by atoms with Crippen molar-refractivity contribution in [2.45, 2.75) is 6.10 Å². The number of hydrogen-bond acceptors (Lipinski definition) is 4. The van der Waals surface area contributed by atoms with Gasteiger partial charge in [0.15, 0.2) is 0 Å². The fourth-order valence-corrected chi connectivity index (χ4v) is 2.18. The first-order chi connectivity index (χ1) is 9.24. The highest BCUT2D eigenvalue weighted by molar-refractivity contribution is 6.58. The van der Waals surface area contributed by atoms with E-state index >= 15 is 0 Å². The predicted molar refractivity (Wildman–Crippen MR) is 74.6 cm³/mol. The average Bonchev–Trinajstić information content (AvgIpc) is 2.47. The minimum absolute atomic E-state index is 0.0696. The molecule has 0 radical (unpaired) electrons. The van der Waals surface area contributed by atoms with Crippen LogP contribution < -0.4 is 15.5 Å². The van der Waals surface area contributed by atoms with Crippen molar-refractivity contribution in [3.8, 4) is 5.75 Å². The second-order valence-corrected chi connectivity index (χ2v) is 4.52. The molecule has 19 heavy (non-hydrogen) atoms. The highest BCUT2D eigenvalue weighted by Gasteiger charge is 2.21. The summed E-state index contributed by atoms with van der Waals surface area (Å²) in [6.45, 7) is 0.692. The molecule has 1 atom stereocenters. The Morgan fingerprint density at radius 1 is 1.05 bits per heavy atom. The van der Waals surface area contributed by atoms with Crippen LogP contribution in [0.2, 0.25) is 0 Å². The van der Waals surface area contributed by atoms with Crippen LogP contribution in [0, 0.1) is 0 Å². The van der Waals surface area contributed by atoms with Gasteiger partial charge in [0.1, 0.15) is 11.9 Å². The van der Waals surface area contributed by atoms with Crippen LogP contribution in [0.1, 0.15) is 11.7 Å². The molecule has 0 aromatic heterocycles. The number of anilines is 1. The minimum Gasteiger partial charge on any atom is -0.482 e. The summed E-state index contributed by atoms with van der Waals surface area (Å²) in [5.74, 6) is 0.838. The van der Waals surface area contributed by atoms with Crippen LogP contribution >= 0.6 is 0 Å². The second-order valence-electron chi connectivity index (χ2n) is 4.52. The van der Waals surface area contributed by atoms with E-state index in [0.29, 0.717) is 12.0 Å². The van der Waals surface area contributed by atoms with Gasteiger partial charge in [-0.2, -0.15) is 0 Å². The van der Waals surface area contributed by atoms with Crippen LogP contribution in [0.4, 0.5) is 5.69 Å². The van der Waals surface area contributed by atoms with Crippen LogP contribution in [0.5, 0.6) is 5.75 Å². The Morgan fingerprint density at radius 3 is 2.53 bits per heavy atom. The molecule has 4 nitrogen and oxygen atoms in total. The van der Waals surface area contributed by atoms with Gasteiger partial charge in [-0.1, -0.05) is 36.4 Å². The number of ether oxygens (including phenoxy) is 1. The summed E-state index contributed by atoms with van der Waals surface area (Å²) in [5, 5.41) is 21.5. The normalized spacial score (nSPS) is 17.1. The van der Waals surface area contributed by atoms with E-state index in [0.717, 1.165) is 17.0 Å². The van der Waals surface area contributed by atoms with E-state index in [1.54, 1.807) is 12.1 Å². The van der Waals surface area contributed by atoms with Crippen molar-refractivity contribution >= 4 is 18.3 Å². The third kappa shape index (κ3) is 2.43. The highest BCUT2D eigenvalue weighted by atomic mass is 16.5. The molecule has 3 N–H and O–H groups in total. The molecule has 2 aromatic carbocycles. The van der Waals surface area contributed by atoms with Gasteiger partial charge in [0.05, 0.1) is 12.2 Å². The number of benzene rings is 2. The molecular weight excluding hydrogens is 241 g/mol. The van der Waals surface area contributed by atoms with E-state index in [9.17, 15) is 0 Å².